The van der Waals surface area contributed by atoms with Gasteiger partial charge in [0.05, 0.1) is 6.54 Å². The van der Waals surface area contributed by atoms with Gasteiger partial charge in [0.25, 0.3) is 0 Å². The Hall–Kier alpha value is -1.34. The van der Waals surface area contributed by atoms with Gasteiger partial charge >= 0.3 is 6.09 Å². The van der Waals surface area contributed by atoms with Gasteiger partial charge in [-0.2, -0.15) is 0 Å². The van der Waals surface area contributed by atoms with E-state index in [4.69, 9.17) is 4.74 Å². The predicted octanol–water partition coefficient (Wildman–Crippen LogP) is 3.04. The lowest BCUT2D eigenvalue weighted by Gasteiger charge is -2.43. The molecule has 3 heterocycles. The van der Waals surface area contributed by atoms with Crippen LogP contribution >= 0.6 is 0 Å². The number of hydrogen-bond donors (Lipinski definition) is 0. The van der Waals surface area contributed by atoms with Gasteiger partial charge in [-0.15, -0.1) is 0 Å². The van der Waals surface area contributed by atoms with Gasteiger partial charge < -0.3 is 14.5 Å². The standard InChI is InChI=1S/C24H44N4O3/c1-20(21-10-9-13-28(18-21)23(30)31-24(2,3)4)26-16-14-25(15-17-26)19-22(29)27-11-7-5-6-8-12-27/h20-21H,5-19H2,1-4H3/t20-,21-/m1/s1. The van der Waals surface area contributed by atoms with Crippen LogP contribution in [0, 0.1) is 5.92 Å². The summed E-state index contributed by atoms with van der Waals surface area (Å²) in [5, 5.41) is 0. The molecule has 2 amide bonds. The first-order valence-electron chi connectivity index (χ1n) is 12.4. The van der Waals surface area contributed by atoms with Crippen molar-refractivity contribution < 1.29 is 14.3 Å². The van der Waals surface area contributed by atoms with Crippen molar-refractivity contribution >= 4 is 12.0 Å². The van der Waals surface area contributed by atoms with Gasteiger partial charge in [0.15, 0.2) is 0 Å². The summed E-state index contributed by atoms with van der Waals surface area (Å²) in [7, 11) is 0. The molecule has 3 rings (SSSR count). The van der Waals surface area contributed by atoms with Crippen molar-refractivity contribution in [2.75, 3.05) is 58.9 Å². The van der Waals surface area contributed by atoms with Gasteiger partial charge in [-0.05, 0) is 59.3 Å². The SMILES string of the molecule is C[C@H]([C@@H]1CCCN(C(=O)OC(C)(C)C)C1)N1CCN(CC(=O)N2CCCCCC2)CC1. The van der Waals surface area contributed by atoms with Crippen LogP contribution in [0.3, 0.4) is 0 Å². The topological polar surface area (TPSA) is 56.3 Å². The lowest BCUT2D eigenvalue weighted by atomic mass is 9.90. The summed E-state index contributed by atoms with van der Waals surface area (Å²) in [5.74, 6) is 0.787. The smallest absolute Gasteiger partial charge is 0.410 e. The van der Waals surface area contributed by atoms with Gasteiger partial charge in [-0.3, -0.25) is 14.6 Å². The van der Waals surface area contributed by atoms with Gasteiger partial charge in [0.1, 0.15) is 5.60 Å². The molecule has 31 heavy (non-hydrogen) atoms. The molecule has 0 aromatic carbocycles. The van der Waals surface area contributed by atoms with Crippen molar-refractivity contribution in [3.05, 3.63) is 0 Å². The van der Waals surface area contributed by atoms with Crippen LogP contribution in [-0.4, -0.2) is 102 Å². The molecular weight excluding hydrogens is 392 g/mol. The average Bonchev–Trinajstić information content (AvgIpc) is 3.02. The molecule has 7 heteroatoms. The van der Waals surface area contributed by atoms with Crippen molar-refractivity contribution in [1.82, 2.24) is 19.6 Å². The highest BCUT2D eigenvalue weighted by molar-refractivity contribution is 5.78. The molecule has 0 spiro atoms. The van der Waals surface area contributed by atoms with Crippen molar-refractivity contribution in [1.29, 1.82) is 0 Å². The third-order valence-electron chi connectivity index (χ3n) is 7.09. The van der Waals surface area contributed by atoms with Crippen molar-refractivity contribution in [2.24, 2.45) is 5.92 Å². The van der Waals surface area contributed by atoms with Gasteiger partial charge in [0, 0.05) is 58.4 Å². The van der Waals surface area contributed by atoms with Crippen LogP contribution in [0.5, 0.6) is 0 Å². The average molecular weight is 437 g/mol. The number of ether oxygens (including phenoxy) is 1. The van der Waals surface area contributed by atoms with Crippen LogP contribution in [0.2, 0.25) is 0 Å². The zero-order valence-electron chi connectivity index (χ0n) is 20.3. The summed E-state index contributed by atoms with van der Waals surface area (Å²) in [5.41, 5.74) is -0.448. The van der Waals surface area contributed by atoms with Gasteiger partial charge in [0.2, 0.25) is 5.91 Å². The minimum absolute atomic E-state index is 0.179. The summed E-state index contributed by atoms with van der Waals surface area (Å²) in [6, 6.07) is 0.439. The minimum Gasteiger partial charge on any atom is -0.444 e. The van der Waals surface area contributed by atoms with E-state index in [-0.39, 0.29) is 6.09 Å². The first kappa shape index (κ1) is 24.3. The summed E-state index contributed by atoms with van der Waals surface area (Å²) in [6.07, 6.45) is 6.84. The lowest BCUT2D eigenvalue weighted by molar-refractivity contribution is -0.132. The molecule has 7 nitrogen and oxygen atoms in total. The number of likely N-dealkylation sites (tertiary alicyclic amines) is 2. The Morgan fingerprint density at radius 3 is 2.10 bits per heavy atom. The van der Waals surface area contributed by atoms with E-state index in [1.54, 1.807) is 0 Å². The number of carbonyl (C=O) groups excluding carboxylic acids is 2. The molecule has 0 aliphatic carbocycles. The quantitative estimate of drug-likeness (QED) is 0.678. The van der Waals surface area contributed by atoms with E-state index in [0.717, 1.165) is 78.0 Å². The lowest BCUT2D eigenvalue weighted by Crippen LogP contribution is -2.55. The molecule has 3 aliphatic rings. The summed E-state index contributed by atoms with van der Waals surface area (Å²) in [4.78, 5) is 34.1. The van der Waals surface area contributed by atoms with Crippen molar-refractivity contribution in [3.63, 3.8) is 0 Å². The number of carbonyl (C=O) groups is 2. The molecule has 3 aliphatic heterocycles. The largest absolute Gasteiger partial charge is 0.444 e. The Morgan fingerprint density at radius 1 is 0.871 bits per heavy atom. The zero-order chi connectivity index (χ0) is 22.4. The predicted molar refractivity (Wildman–Crippen MR) is 123 cm³/mol. The Labute approximate surface area is 189 Å². The third-order valence-corrected chi connectivity index (χ3v) is 7.09. The third kappa shape index (κ3) is 7.35. The fraction of sp³-hybridized carbons (Fsp3) is 0.917. The Kier molecular flexibility index (Phi) is 8.62. The molecule has 0 radical (unpaired) electrons. The maximum atomic E-state index is 12.7. The number of piperidine rings is 1. The highest BCUT2D eigenvalue weighted by Crippen LogP contribution is 2.25. The maximum Gasteiger partial charge on any atom is 0.410 e. The minimum atomic E-state index is -0.448. The number of rotatable bonds is 4. The molecule has 0 bridgehead atoms. The van der Waals surface area contributed by atoms with E-state index in [1.807, 2.05) is 25.7 Å². The van der Waals surface area contributed by atoms with Crippen LogP contribution in [-0.2, 0) is 9.53 Å². The maximum absolute atomic E-state index is 12.7. The van der Waals surface area contributed by atoms with Crippen LogP contribution in [0.15, 0.2) is 0 Å². The highest BCUT2D eigenvalue weighted by atomic mass is 16.6. The monoisotopic (exact) mass is 436 g/mol. The Morgan fingerprint density at radius 2 is 1.48 bits per heavy atom. The molecule has 0 unspecified atom stereocenters. The number of piperazine rings is 1. The van der Waals surface area contributed by atoms with Crippen molar-refractivity contribution in [3.8, 4) is 0 Å². The van der Waals surface area contributed by atoms with Crippen LogP contribution in [0.1, 0.15) is 66.2 Å². The first-order valence-corrected chi connectivity index (χ1v) is 12.4. The molecule has 0 saturated carbocycles. The first-order chi connectivity index (χ1) is 14.7. The molecule has 2 atom stereocenters. The molecule has 178 valence electrons. The highest BCUT2D eigenvalue weighted by Gasteiger charge is 2.33. The van der Waals surface area contributed by atoms with Gasteiger partial charge in [-0.1, -0.05) is 12.8 Å². The van der Waals surface area contributed by atoms with Crippen molar-refractivity contribution in [2.45, 2.75) is 77.9 Å². The van der Waals surface area contributed by atoms with E-state index in [1.165, 1.54) is 12.8 Å². The molecule has 0 N–H and O–H groups in total. The number of amides is 2. The number of hydrogen-bond acceptors (Lipinski definition) is 5. The van der Waals surface area contributed by atoms with E-state index in [2.05, 4.69) is 21.6 Å². The van der Waals surface area contributed by atoms with Crippen LogP contribution in [0.25, 0.3) is 0 Å². The van der Waals surface area contributed by atoms with E-state index < -0.39 is 5.60 Å². The van der Waals surface area contributed by atoms with Gasteiger partial charge in [-0.25, -0.2) is 4.79 Å². The zero-order valence-corrected chi connectivity index (χ0v) is 20.3. The normalized spacial score (nSPS) is 25.7. The molecular formula is C24H44N4O3. The fourth-order valence-electron chi connectivity index (χ4n) is 5.13. The van der Waals surface area contributed by atoms with E-state index in [0.29, 0.717) is 24.4 Å². The van der Waals surface area contributed by atoms with E-state index in [9.17, 15) is 9.59 Å². The Bertz CT molecular complexity index is 590. The van der Waals surface area contributed by atoms with E-state index >= 15 is 0 Å². The summed E-state index contributed by atoms with van der Waals surface area (Å²) in [6.45, 7) is 16.0. The van der Waals surface area contributed by atoms with Crippen LogP contribution < -0.4 is 0 Å². The molecule has 0 aromatic heterocycles. The summed E-state index contributed by atoms with van der Waals surface area (Å²) >= 11 is 0. The fourth-order valence-corrected chi connectivity index (χ4v) is 5.13. The second-order valence-corrected chi connectivity index (χ2v) is 10.7. The summed E-state index contributed by atoms with van der Waals surface area (Å²) < 4.78 is 5.59. The molecule has 3 fully saturated rings. The van der Waals surface area contributed by atoms with Crippen LogP contribution in [0.4, 0.5) is 4.79 Å². The Balaban J connectivity index is 1.43. The second-order valence-electron chi connectivity index (χ2n) is 10.7. The molecule has 0 aromatic rings. The second kappa shape index (κ2) is 11.0. The molecule has 3 saturated heterocycles. The number of nitrogens with zero attached hydrogens (tertiary/aromatic N) is 4.